The molecule has 2 aromatic rings. The molecular formula is C20H26N2O5S. The Bertz CT molecular complexity index is 924. The highest BCUT2D eigenvalue weighted by Crippen LogP contribution is 2.29. The molecule has 2 aromatic carbocycles. The third kappa shape index (κ3) is 5.24. The minimum absolute atomic E-state index is 0.0221. The lowest BCUT2D eigenvalue weighted by Gasteiger charge is -2.16. The molecule has 0 heterocycles. The molecule has 0 fully saturated rings. The van der Waals surface area contributed by atoms with Crippen molar-refractivity contribution in [2.45, 2.75) is 37.6 Å². The molecule has 0 spiro atoms. The van der Waals surface area contributed by atoms with Gasteiger partial charge in [-0.15, -0.1) is 0 Å². The summed E-state index contributed by atoms with van der Waals surface area (Å²) in [5.74, 6) is 0.628. The molecule has 0 radical (unpaired) electrons. The van der Waals surface area contributed by atoms with E-state index in [0.717, 1.165) is 5.56 Å². The van der Waals surface area contributed by atoms with Crippen LogP contribution in [0.3, 0.4) is 0 Å². The zero-order chi connectivity index (χ0) is 20.9. The van der Waals surface area contributed by atoms with Gasteiger partial charge in [-0.05, 0) is 42.7 Å². The summed E-state index contributed by atoms with van der Waals surface area (Å²) in [7, 11) is -1.04. The standard InChI is InChI=1S/C20H26N2O5S/c1-13(2)15-6-8-16(9-7-15)21-20(23)14(3)22-28(24,25)17-10-11-18(26-4)19(12-17)27-5/h6-14,22H,1-5H3,(H,21,23)/t14-/m1/s1. The number of sulfonamides is 1. The van der Waals surface area contributed by atoms with Gasteiger partial charge in [-0.25, -0.2) is 8.42 Å². The average molecular weight is 407 g/mol. The Morgan fingerprint density at radius 2 is 1.54 bits per heavy atom. The van der Waals surface area contributed by atoms with Gasteiger partial charge in [-0.1, -0.05) is 26.0 Å². The van der Waals surface area contributed by atoms with Gasteiger partial charge in [0.05, 0.1) is 25.2 Å². The van der Waals surface area contributed by atoms with E-state index in [2.05, 4.69) is 23.9 Å². The van der Waals surface area contributed by atoms with Crippen LogP contribution >= 0.6 is 0 Å². The van der Waals surface area contributed by atoms with Crippen LogP contribution in [-0.2, 0) is 14.8 Å². The molecule has 7 nitrogen and oxygen atoms in total. The van der Waals surface area contributed by atoms with Gasteiger partial charge in [0.1, 0.15) is 0 Å². The molecule has 28 heavy (non-hydrogen) atoms. The number of methoxy groups -OCH3 is 2. The molecule has 0 aromatic heterocycles. The van der Waals surface area contributed by atoms with Gasteiger partial charge < -0.3 is 14.8 Å². The number of benzene rings is 2. The lowest BCUT2D eigenvalue weighted by atomic mass is 10.0. The lowest BCUT2D eigenvalue weighted by Crippen LogP contribution is -2.41. The molecule has 0 saturated carbocycles. The smallest absolute Gasteiger partial charge is 0.242 e. The van der Waals surface area contributed by atoms with Crippen molar-refractivity contribution in [1.29, 1.82) is 0 Å². The number of rotatable bonds is 8. The summed E-state index contributed by atoms with van der Waals surface area (Å²) in [6.07, 6.45) is 0. The summed E-state index contributed by atoms with van der Waals surface area (Å²) >= 11 is 0. The maximum atomic E-state index is 12.6. The molecule has 0 saturated heterocycles. The Balaban J connectivity index is 2.09. The Kier molecular flexibility index (Phi) is 7.04. The van der Waals surface area contributed by atoms with Crippen molar-refractivity contribution in [2.24, 2.45) is 0 Å². The van der Waals surface area contributed by atoms with Gasteiger partial charge in [0.15, 0.2) is 11.5 Å². The second-order valence-corrected chi connectivity index (χ2v) is 8.34. The van der Waals surface area contributed by atoms with Gasteiger partial charge in [0.25, 0.3) is 0 Å². The van der Waals surface area contributed by atoms with Crippen LogP contribution in [0.5, 0.6) is 11.5 Å². The Hall–Kier alpha value is -2.58. The van der Waals surface area contributed by atoms with E-state index in [1.54, 1.807) is 12.1 Å². The van der Waals surface area contributed by atoms with E-state index in [9.17, 15) is 13.2 Å². The number of hydrogen-bond donors (Lipinski definition) is 2. The first-order valence-corrected chi connectivity index (χ1v) is 10.3. The third-order valence-electron chi connectivity index (χ3n) is 4.24. The highest BCUT2D eigenvalue weighted by molar-refractivity contribution is 7.89. The van der Waals surface area contributed by atoms with Crippen LogP contribution in [0.2, 0.25) is 0 Å². The monoisotopic (exact) mass is 406 g/mol. The van der Waals surface area contributed by atoms with Crippen LogP contribution < -0.4 is 19.5 Å². The topological polar surface area (TPSA) is 93.7 Å². The van der Waals surface area contributed by atoms with Gasteiger partial charge in [-0.2, -0.15) is 4.72 Å². The van der Waals surface area contributed by atoms with Gasteiger partial charge in [0, 0.05) is 11.8 Å². The molecule has 1 atom stereocenters. The highest BCUT2D eigenvalue weighted by Gasteiger charge is 2.23. The summed E-state index contributed by atoms with van der Waals surface area (Å²) in [4.78, 5) is 12.4. The maximum absolute atomic E-state index is 12.6. The van der Waals surface area contributed by atoms with E-state index in [1.807, 2.05) is 12.1 Å². The fraction of sp³-hybridized carbons (Fsp3) is 0.350. The van der Waals surface area contributed by atoms with E-state index < -0.39 is 22.0 Å². The number of amides is 1. The predicted octanol–water partition coefficient (Wildman–Crippen LogP) is 3.13. The Morgan fingerprint density at radius 1 is 0.929 bits per heavy atom. The minimum atomic E-state index is -3.92. The molecule has 0 bridgehead atoms. The van der Waals surface area contributed by atoms with Crippen molar-refractivity contribution < 1.29 is 22.7 Å². The Morgan fingerprint density at radius 3 is 2.07 bits per heavy atom. The number of anilines is 1. The molecule has 0 aliphatic rings. The Labute approximate surface area is 166 Å². The van der Waals surface area contributed by atoms with Crippen molar-refractivity contribution in [1.82, 2.24) is 4.72 Å². The van der Waals surface area contributed by atoms with Crippen molar-refractivity contribution in [2.75, 3.05) is 19.5 Å². The number of carbonyl (C=O) groups is 1. The quantitative estimate of drug-likeness (QED) is 0.702. The molecule has 2 N–H and O–H groups in total. The fourth-order valence-corrected chi connectivity index (χ4v) is 3.76. The largest absolute Gasteiger partial charge is 0.493 e. The van der Waals surface area contributed by atoms with Crippen LogP contribution in [0.15, 0.2) is 47.4 Å². The first-order chi connectivity index (χ1) is 13.2. The molecule has 0 aliphatic carbocycles. The summed E-state index contributed by atoms with van der Waals surface area (Å²) in [6, 6.07) is 10.7. The third-order valence-corrected chi connectivity index (χ3v) is 5.77. The normalized spacial score (nSPS) is 12.5. The summed E-state index contributed by atoms with van der Waals surface area (Å²) in [5, 5.41) is 2.71. The summed E-state index contributed by atoms with van der Waals surface area (Å²) in [5.41, 5.74) is 1.76. The first kappa shape index (κ1) is 21.7. The summed E-state index contributed by atoms with van der Waals surface area (Å²) in [6.45, 7) is 5.65. The fourth-order valence-electron chi connectivity index (χ4n) is 2.54. The molecule has 1 amide bonds. The lowest BCUT2D eigenvalue weighted by molar-refractivity contribution is -0.117. The van der Waals surface area contributed by atoms with Gasteiger partial charge in [0.2, 0.25) is 15.9 Å². The second-order valence-electron chi connectivity index (χ2n) is 6.63. The SMILES string of the molecule is COc1ccc(S(=O)(=O)N[C@H](C)C(=O)Nc2ccc(C(C)C)cc2)cc1OC. The molecule has 2 rings (SSSR count). The van der Waals surface area contributed by atoms with Crippen molar-refractivity contribution >= 4 is 21.6 Å². The highest BCUT2D eigenvalue weighted by atomic mass is 32.2. The van der Waals surface area contributed by atoms with Crippen LogP contribution in [0, 0.1) is 0 Å². The molecule has 0 unspecified atom stereocenters. The molecule has 0 aliphatic heterocycles. The molecular weight excluding hydrogens is 380 g/mol. The number of carbonyl (C=O) groups excluding carboxylic acids is 1. The number of nitrogens with one attached hydrogen (secondary N) is 2. The van der Waals surface area contributed by atoms with E-state index in [-0.39, 0.29) is 10.6 Å². The van der Waals surface area contributed by atoms with Gasteiger partial charge in [-0.3, -0.25) is 4.79 Å². The van der Waals surface area contributed by atoms with Crippen molar-refractivity contribution in [3.05, 3.63) is 48.0 Å². The van der Waals surface area contributed by atoms with E-state index >= 15 is 0 Å². The first-order valence-electron chi connectivity index (χ1n) is 8.83. The number of ether oxygens (including phenoxy) is 2. The average Bonchev–Trinajstić information content (AvgIpc) is 2.67. The predicted molar refractivity (Wildman–Crippen MR) is 108 cm³/mol. The number of hydrogen-bond acceptors (Lipinski definition) is 5. The molecule has 8 heteroatoms. The van der Waals surface area contributed by atoms with Gasteiger partial charge >= 0.3 is 0 Å². The molecule has 152 valence electrons. The zero-order valence-corrected chi connectivity index (χ0v) is 17.5. The zero-order valence-electron chi connectivity index (χ0n) is 16.6. The van der Waals surface area contributed by atoms with Crippen LogP contribution in [0.1, 0.15) is 32.3 Å². The van der Waals surface area contributed by atoms with Crippen molar-refractivity contribution in [3.8, 4) is 11.5 Å². The van der Waals surface area contributed by atoms with Crippen LogP contribution in [0.25, 0.3) is 0 Å². The maximum Gasteiger partial charge on any atom is 0.242 e. The van der Waals surface area contributed by atoms with E-state index in [4.69, 9.17) is 9.47 Å². The minimum Gasteiger partial charge on any atom is -0.493 e. The van der Waals surface area contributed by atoms with Crippen LogP contribution in [0.4, 0.5) is 5.69 Å². The van der Waals surface area contributed by atoms with E-state index in [0.29, 0.717) is 17.4 Å². The van der Waals surface area contributed by atoms with E-state index in [1.165, 1.54) is 39.3 Å². The summed E-state index contributed by atoms with van der Waals surface area (Å²) < 4.78 is 37.8. The van der Waals surface area contributed by atoms with Crippen LogP contribution in [-0.4, -0.2) is 34.6 Å². The second kappa shape index (κ2) is 9.07. The van der Waals surface area contributed by atoms with Crippen molar-refractivity contribution in [3.63, 3.8) is 0 Å².